The number of hydrogen-bond donors (Lipinski definition) is 1. The summed E-state index contributed by atoms with van der Waals surface area (Å²) in [6, 6.07) is 2.28. The molecule has 132 valence electrons. The molecule has 2 N–H and O–H groups in total. The van der Waals surface area contributed by atoms with Crippen molar-refractivity contribution in [1.82, 2.24) is 0 Å². The molecule has 0 saturated carbocycles. The van der Waals surface area contributed by atoms with Gasteiger partial charge in [-0.1, -0.05) is 65.8 Å². The van der Waals surface area contributed by atoms with Crippen molar-refractivity contribution in [3.05, 3.63) is 52.1 Å². The fourth-order valence-electron chi connectivity index (χ4n) is 3.96. The first-order chi connectivity index (χ1) is 11.1. The van der Waals surface area contributed by atoms with E-state index in [1.807, 2.05) is 0 Å². The molecule has 0 heterocycles. The predicted octanol–water partition coefficient (Wildman–Crippen LogP) is 5.66. The van der Waals surface area contributed by atoms with Gasteiger partial charge in [0.15, 0.2) is 5.75 Å². The molecule has 0 unspecified atom stereocenters. The van der Waals surface area contributed by atoms with E-state index in [2.05, 4.69) is 72.8 Å². The summed E-state index contributed by atoms with van der Waals surface area (Å²) in [6.45, 7) is 15.8. The summed E-state index contributed by atoms with van der Waals surface area (Å²) < 4.78 is 0. The molecule has 1 aromatic carbocycles. The Bertz CT molecular complexity index is 672. The standard InChI is InChI=1S/C22H33NO/c1-8-16-14-18(21(3,4)5)15(2)19(20(16)24-23)22(6,7)17-12-10-9-11-13-17/h10,12-14H,8-9,11,23H2,1-7H3. The van der Waals surface area contributed by atoms with Crippen molar-refractivity contribution in [3.63, 3.8) is 0 Å². The Kier molecular flexibility index (Phi) is 5.29. The Morgan fingerprint density at radius 3 is 2.25 bits per heavy atom. The van der Waals surface area contributed by atoms with E-state index in [-0.39, 0.29) is 10.8 Å². The van der Waals surface area contributed by atoms with Gasteiger partial charge in [0, 0.05) is 11.0 Å². The molecule has 0 bridgehead atoms. The number of nitrogens with two attached hydrogens (primary N) is 1. The zero-order valence-corrected chi connectivity index (χ0v) is 16.4. The van der Waals surface area contributed by atoms with Gasteiger partial charge in [-0.25, -0.2) is 0 Å². The van der Waals surface area contributed by atoms with Crippen LogP contribution in [0.15, 0.2) is 29.9 Å². The van der Waals surface area contributed by atoms with Crippen molar-refractivity contribution in [3.8, 4) is 5.75 Å². The zero-order chi connectivity index (χ0) is 18.1. The maximum Gasteiger partial charge on any atom is 0.154 e. The average molecular weight is 328 g/mol. The summed E-state index contributed by atoms with van der Waals surface area (Å²) in [5.41, 5.74) is 6.39. The lowest BCUT2D eigenvalue weighted by Crippen LogP contribution is -2.27. The second-order valence-corrected chi connectivity index (χ2v) is 8.40. The van der Waals surface area contributed by atoms with Gasteiger partial charge in [0.1, 0.15) is 0 Å². The summed E-state index contributed by atoms with van der Waals surface area (Å²) in [5, 5.41) is 0. The van der Waals surface area contributed by atoms with E-state index in [0.717, 1.165) is 25.0 Å². The van der Waals surface area contributed by atoms with Gasteiger partial charge in [-0.3, -0.25) is 0 Å². The molecule has 0 fully saturated rings. The lowest BCUT2D eigenvalue weighted by Gasteiger charge is -2.35. The number of rotatable bonds is 4. The van der Waals surface area contributed by atoms with E-state index >= 15 is 0 Å². The fraction of sp³-hybridized carbons (Fsp3) is 0.545. The lowest BCUT2D eigenvalue weighted by molar-refractivity contribution is 0.321. The Balaban J connectivity index is 2.80. The molecule has 1 aliphatic carbocycles. The van der Waals surface area contributed by atoms with Crippen LogP contribution in [0.1, 0.15) is 76.6 Å². The maximum atomic E-state index is 5.74. The third-order valence-corrected chi connectivity index (χ3v) is 5.26. The molecule has 1 aromatic rings. The molecule has 0 radical (unpaired) electrons. The first-order valence-electron chi connectivity index (χ1n) is 9.06. The van der Waals surface area contributed by atoms with Crippen LogP contribution in [0.4, 0.5) is 0 Å². The monoisotopic (exact) mass is 327 g/mol. The highest BCUT2D eigenvalue weighted by Crippen LogP contribution is 2.45. The van der Waals surface area contributed by atoms with Crippen LogP contribution in [0.2, 0.25) is 0 Å². The number of hydrogen-bond acceptors (Lipinski definition) is 2. The van der Waals surface area contributed by atoms with Gasteiger partial charge < -0.3 is 4.84 Å². The summed E-state index contributed by atoms with van der Waals surface area (Å²) in [6.07, 6.45) is 10.0. The van der Waals surface area contributed by atoms with E-state index in [9.17, 15) is 0 Å². The van der Waals surface area contributed by atoms with Crippen LogP contribution in [0, 0.1) is 6.92 Å². The molecule has 0 aromatic heterocycles. The van der Waals surface area contributed by atoms with Crippen LogP contribution in [-0.4, -0.2) is 0 Å². The second kappa shape index (κ2) is 6.76. The predicted molar refractivity (Wildman–Crippen MR) is 104 cm³/mol. The van der Waals surface area contributed by atoms with Crippen LogP contribution < -0.4 is 10.7 Å². The van der Waals surface area contributed by atoms with Crippen LogP contribution >= 0.6 is 0 Å². The molecule has 0 saturated heterocycles. The van der Waals surface area contributed by atoms with Gasteiger partial charge in [0.25, 0.3) is 0 Å². The normalized spacial score (nSPS) is 15.4. The number of allylic oxidation sites excluding steroid dienone is 4. The van der Waals surface area contributed by atoms with E-state index in [4.69, 9.17) is 10.7 Å². The summed E-state index contributed by atoms with van der Waals surface area (Å²) in [4.78, 5) is 5.44. The fourth-order valence-corrected chi connectivity index (χ4v) is 3.96. The quantitative estimate of drug-likeness (QED) is 0.724. The Labute approximate surface area is 147 Å². The van der Waals surface area contributed by atoms with Crippen LogP contribution in [-0.2, 0) is 17.3 Å². The minimum atomic E-state index is -0.138. The molecule has 2 nitrogen and oxygen atoms in total. The number of aryl methyl sites for hydroxylation is 1. The molecule has 24 heavy (non-hydrogen) atoms. The summed E-state index contributed by atoms with van der Waals surface area (Å²) >= 11 is 0. The largest absolute Gasteiger partial charge is 0.411 e. The maximum absolute atomic E-state index is 5.74. The Morgan fingerprint density at radius 1 is 1.12 bits per heavy atom. The number of benzene rings is 1. The molecule has 0 aliphatic heterocycles. The first kappa shape index (κ1) is 18.8. The minimum Gasteiger partial charge on any atom is -0.411 e. The van der Waals surface area contributed by atoms with Gasteiger partial charge in [-0.2, -0.15) is 5.90 Å². The molecule has 2 heteroatoms. The first-order valence-corrected chi connectivity index (χ1v) is 9.06. The lowest BCUT2D eigenvalue weighted by atomic mass is 9.70. The molecule has 2 rings (SSSR count). The third kappa shape index (κ3) is 3.30. The van der Waals surface area contributed by atoms with Crippen LogP contribution in [0.3, 0.4) is 0 Å². The highest BCUT2D eigenvalue weighted by atomic mass is 16.6. The van der Waals surface area contributed by atoms with E-state index in [1.165, 1.54) is 27.8 Å². The molecule has 0 spiro atoms. The van der Waals surface area contributed by atoms with Crippen molar-refractivity contribution in [2.75, 3.05) is 0 Å². The highest BCUT2D eigenvalue weighted by Gasteiger charge is 2.34. The molecular formula is C22H33NO. The van der Waals surface area contributed by atoms with Crippen molar-refractivity contribution in [2.45, 2.75) is 78.6 Å². The van der Waals surface area contributed by atoms with Crippen LogP contribution in [0.25, 0.3) is 0 Å². The van der Waals surface area contributed by atoms with Gasteiger partial charge in [-0.05, 0) is 53.9 Å². The summed E-state index contributed by atoms with van der Waals surface area (Å²) in [7, 11) is 0. The molecular weight excluding hydrogens is 294 g/mol. The van der Waals surface area contributed by atoms with Gasteiger partial charge in [0.2, 0.25) is 0 Å². The third-order valence-electron chi connectivity index (χ3n) is 5.26. The van der Waals surface area contributed by atoms with Crippen molar-refractivity contribution in [2.24, 2.45) is 5.90 Å². The SMILES string of the molecule is CCc1cc(C(C)(C)C)c(C)c(C(C)(C)C2=CCCC=C2)c1ON. The van der Waals surface area contributed by atoms with Gasteiger partial charge in [-0.15, -0.1) is 0 Å². The van der Waals surface area contributed by atoms with E-state index < -0.39 is 0 Å². The van der Waals surface area contributed by atoms with Crippen molar-refractivity contribution < 1.29 is 4.84 Å². The van der Waals surface area contributed by atoms with Crippen molar-refractivity contribution in [1.29, 1.82) is 0 Å². The Morgan fingerprint density at radius 2 is 1.79 bits per heavy atom. The zero-order valence-electron chi connectivity index (χ0n) is 16.4. The average Bonchev–Trinajstić information content (AvgIpc) is 2.53. The minimum absolute atomic E-state index is 0.0861. The summed E-state index contributed by atoms with van der Waals surface area (Å²) in [5.74, 6) is 6.60. The smallest absolute Gasteiger partial charge is 0.154 e. The van der Waals surface area contributed by atoms with Crippen molar-refractivity contribution >= 4 is 0 Å². The van der Waals surface area contributed by atoms with Gasteiger partial charge in [0.05, 0.1) is 0 Å². The van der Waals surface area contributed by atoms with E-state index in [0.29, 0.717) is 0 Å². The topological polar surface area (TPSA) is 35.2 Å². The highest BCUT2D eigenvalue weighted by molar-refractivity contribution is 5.59. The second-order valence-electron chi connectivity index (χ2n) is 8.40. The van der Waals surface area contributed by atoms with E-state index in [1.54, 1.807) is 0 Å². The Hall–Kier alpha value is -1.54. The van der Waals surface area contributed by atoms with Crippen LogP contribution in [0.5, 0.6) is 5.75 Å². The molecule has 0 amide bonds. The molecule has 1 aliphatic rings. The molecule has 0 atom stereocenters. The van der Waals surface area contributed by atoms with Gasteiger partial charge >= 0.3 is 0 Å².